The van der Waals surface area contributed by atoms with Crippen molar-refractivity contribution in [2.75, 3.05) is 27.9 Å². The Morgan fingerprint density at radius 2 is 1.83 bits per heavy atom. The van der Waals surface area contributed by atoms with Crippen molar-refractivity contribution >= 4 is 12.2 Å². The molecule has 0 rings (SSSR count). The number of carbonyl (C=O) groups is 2. The number of carbonyl (C=O) groups excluding carboxylic acids is 1. The topological polar surface area (TPSA) is 70.1 Å². The number of hydrogen-bond donors (Lipinski definition) is 1. The quantitative estimate of drug-likeness (QED) is 0.612. The molecule has 0 fully saturated rings. The Hall–Kier alpha value is -1.46. The van der Waals surface area contributed by atoms with Gasteiger partial charge in [-0.05, 0) is 0 Å². The van der Waals surface area contributed by atoms with Crippen molar-refractivity contribution in [3.05, 3.63) is 0 Å². The van der Waals surface area contributed by atoms with Gasteiger partial charge >= 0.3 is 12.2 Å². The standard InChI is InChI=1S/C6H12N2O4/c1-7(2)6(11)12-4-8(3)5(9)10/h4H2,1-3H3,(H,9,10). The smallest absolute Gasteiger partial charge is 0.410 e. The lowest BCUT2D eigenvalue weighted by atomic mass is 10.8. The second-order valence-electron chi connectivity index (χ2n) is 2.41. The highest BCUT2D eigenvalue weighted by molar-refractivity contribution is 5.68. The molecule has 6 heteroatoms. The monoisotopic (exact) mass is 176 g/mol. The van der Waals surface area contributed by atoms with Gasteiger partial charge in [-0.1, -0.05) is 0 Å². The third-order valence-corrected chi connectivity index (χ3v) is 1.07. The third kappa shape index (κ3) is 3.65. The molecule has 0 heterocycles. The zero-order valence-electron chi connectivity index (χ0n) is 7.27. The minimum Gasteiger partial charge on any atom is -0.465 e. The van der Waals surface area contributed by atoms with Gasteiger partial charge in [-0.2, -0.15) is 0 Å². The first-order valence-electron chi connectivity index (χ1n) is 3.23. The van der Waals surface area contributed by atoms with E-state index in [1.54, 1.807) is 0 Å². The highest BCUT2D eigenvalue weighted by Crippen LogP contribution is 1.89. The lowest BCUT2D eigenvalue weighted by molar-refractivity contribution is 0.0626. The molecule has 70 valence electrons. The molecule has 0 spiro atoms. The molecule has 12 heavy (non-hydrogen) atoms. The summed E-state index contributed by atoms with van der Waals surface area (Å²) >= 11 is 0. The van der Waals surface area contributed by atoms with Crippen LogP contribution < -0.4 is 0 Å². The highest BCUT2D eigenvalue weighted by atomic mass is 16.6. The van der Waals surface area contributed by atoms with Crippen LogP contribution >= 0.6 is 0 Å². The van der Waals surface area contributed by atoms with E-state index in [2.05, 4.69) is 4.74 Å². The SMILES string of the molecule is CN(C)C(=O)OCN(C)C(=O)O. The largest absolute Gasteiger partial charge is 0.465 e. The van der Waals surface area contributed by atoms with Crippen molar-refractivity contribution in [1.82, 2.24) is 9.80 Å². The van der Waals surface area contributed by atoms with Gasteiger partial charge < -0.3 is 14.7 Å². The Morgan fingerprint density at radius 1 is 1.33 bits per heavy atom. The molecular formula is C6H12N2O4. The van der Waals surface area contributed by atoms with Crippen LogP contribution in [0.3, 0.4) is 0 Å². The average Bonchev–Trinajstić information content (AvgIpc) is 1.98. The molecular weight excluding hydrogens is 164 g/mol. The van der Waals surface area contributed by atoms with E-state index in [1.807, 2.05) is 0 Å². The Bertz CT molecular complexity index is 180. The second-order valence-corrected chi connectivity index (χ2v) is 2.41. The lowest BCUT2D eigenvalue weighted by Gasteiger charge is -2.15. The van der Waals surface area contributed by atoms with Crippen molar-refractivity contribution in [2.24, 2.45) is 0 Å². The van der Waals surface area contributed by atoms with Crippen molar-refractivity contribution in [2.45, 2.75) is 0 Å². The average molecular weight is 176 g/mol. The molecule has 0 unspecified atom stereocenters. The van der Waals surface area contributed by atoms with Crippen LogP contribution in [-0.2, 0) is 4.74 Å². The molecule has 0 aliphatic carbocycles. The molecule has 0 aromatic rings. The van der Waals surface area contributed by atoms with E-state index in [-0.39, 0.29) is 6.73 Å². The van der Waals surface area contributed by atoms with Crippen molar-refractivity contribution < 1.29 is 19.4 Å². The molecule has 0 aliphatic rings. The molecule has 0 radical (unpaired) electrons. The fraction of sp³-hybridized carbons (Fsp3) is 0.667. The molecule has 0 atom stereocenters. The maximum absolute atomic E-state index is 10.8. The number of carboxylic acid groups (broad SMARTS) is 1. The summed E-state index contributed by atoms with van der Waals surface area (Å²) < 4.78 is 4.56. The van der Waals surface area contributed by atoms with Crippen molar-refractivity contribution in [1.29, 1.82) is 0 Å². The maximum atomic E-state index is 10.8. The summed E-state index contributed by atoms with van der Waals surface area (Å²) in [6.45, 7) is -0.258. The van der Waals surface area contributed by atoms with Gasteiger partial charge in [0.2, 0.25) is 0 Å². The third-order valence-electron chi connectivity index (χ3n) is 1.07. The van der Waals surface area contributed by atoms with Crippen LogP contribution in [0.4, 0.5) is 9.59 Å². The molecule has 2 amide bonds. The molecule has 0 aromatic heterocycles. The van der Waals surface area contributed by atoms with Gasteiger partial charge in [0, 0.05) is 21.1 Å². The first-order chi connectivity index (χ1) is 5.45. The fourth-order valence-electron chi connectivity index (χ4n) is 0.336. The Balaban J connectivity index is 3.69. The molecule has 0 saturated heterocycles. The Labute approximate surface area is 70.3 Å². The van der Waals surface area contributed by atoms with Crippen LogP contribution in [-0.4, -0.2) is 55.0 Å². The summed E-state index contributed by atoms with van der Waals surface area (Å²) in [5, 5.41) is 8.35. The van der Waals surface area contributed by atoms with E-state index >= 15 is 0 Å². The van der Waals surface area contributed by atoms with E-state index in [1.165, 1.54) is 26.0 Å². The highest BCUT2D eigenvalue weighted by Gasteiger charge is 2.09. The van der Waals surface area contributed by atoms with Gasteiger partial charge in [-0.3, -0.25) is 4.90 Å². The summed E-state index contributed by atoms with van der Waals surface area (Å²) in [4.78, 5) is 23.0. The molecule has 0 saturated carbocycles. The predicted molar refractivity (Wildman–Crippen MR) is 40.8 cm³/mol. The van der Waals surface area contributed by atoms with Gasteiger partial charge in [-0.15, -0.1) is 0 Å². The van der Waals surface area contributed by atoms with Crippen LogP contribution in [0.2, 0.25) is 0 Å². The van der Waals surface area contributed by atoms with Gasteiger partial charge in [0.1, 0.15) is 0 Å². The van der Waals surface area contributed by atoms with E-state index in [0.29, 0.717) is 0 Å². The maximum Gasteiger partial charge on any atom is 0.410 e. The van der Waals surface area contributed by atoms with Crippen LogP contribution in [0, 0.1) is 0 Å². The van der Waals surface area contributed by atoms with Crippen LogP contribution in [0.5, 0.6) is 0 Å². The summed E-state index contributed by atoms with van der Waals surface area (Å²) in [6.07, 6.45) is -1.70. The molecule has 0 aliphatic heterocycles. The summed E-state index contributed by atoms with van der Waals surface area (Å²) in [5.74, 6) is 0. The zero-order chi connectivity index (χ0) is 9.72. The number of ether oxygens (including phenoxy) is 1. The number of rotatable bonds is 2. The van der Waals surface area contributed by atoms with Crippen molar-refractivity contribution in [3.63, 3.8) is 0 Å². The number of hydrogen-bond acceptors (Lipinski definition) is 3. The van der Waals surface area contributed by atoms with Crippen LogP contribution in [0.25, 0.3) is 0 Å². The zero-order valence-corrected chi connectivity index (χ0v) is 7.27. The van der Waals surface area contributed by atoms with E-state index < -0.39 is 12.2 Å². The van der Waals surface area contributed by atoms with E-state index in [0.717, 1.165) is 4.90 Å². The summed E-state index contributed by atoms with van der Waals surface area (Å²) in [6, 6.07) is 0. The van der Waals surface area contributed by atoms with Gasteiger partial charge in [0.25, 0.3) is 0 Å². The molecule has 1 N–H and O–H groups in total. The minimum absolute atomic E-state index is 0.258. The van der Waals surface area contributed by atoms with E-state index in [9.17, 15) is 9.59 Å². The predicted octanol–water partition coefficient (Wildman–Crippen LogP) is 0.252. The van der Waals surface area contributed by atoms with Crippen LogP contribution in [0.15, 0.2) is 0 Å². The molecule has 0 aromatic carbocycles. The minimum atomic E-state index is -1.14. The first kappa shape index (κ1) is 10.5. The van der Waals surface area contributed by atoms with Gasteiger partial charge in [0.05, 0.1) is 0 Å². The van der Waals surface area contributed by atoms with Crippen LogP contribution in [0.1, 0.15) is 0 Å². The molecule has 0 bridgehead atoms. The molecule has 6 nitrogen and oxygen atoms in total. The van der Waals surface area contributed by atoms with Gasteiger partial charge in [-0.25, -0.2) is 9.59 Å². The Kier molecular flexibility index (Phi) is 3.89. The van der Waals surface area contributed by atoms with Gasteiger partial charge in [0.15, 0.2) is 6.73 Å². The first-order valence-corrected chi connectivity index (χ1v) is 3.23. The normalized spacial score (nSPS) is 8.92. The Morgan fingerprint density at radius 3 is 2.17 bits per heavy atom. The summed E-state index contributed by atoms with van der Waals surface area (Å²) in [5.41, 5.74) is 0. The fourth-order valence-corrected chi connectivity index (χ4v) is 0.336. The number of nitrogens with zero attached hydrogens (tertiary/aromatic N) is 2. The van der Waals surface area contributed by atoms with Crippen molar-refractivity contribution in [3.8, 4) is 0 Å². The van der Waals surface area contributed by atoms with E-state index in [4.69, 9.17) is 5.11 Å². The summed E-state index contributed by atoms with van der Waals surface area (Å²) in [7, 11) is 4.34. The second kappa shape index (κ2) is 4.42. The number of amides is 2. The lowest BCUT2D eigenvalue weighted by Crippen LogP contribution is -2.32.